The van der Waals surface area contributed by atoms with Gasteiger partial charge < -0.3 is 20.3 Å². The van der Waals surface area contributed by atoms with E-state index in [1.807, 2.05) is 6.07 Å². The maximum Gasteiger partial charge on any atom is 0.321 e. The smallest absolute Gasteiger partial charge is 0.321 e. The number of thiocarbonyl (C=S) groups is 1. The minimum atomic E-state index is -0.853. The molecule has 1 saturated heterocycles. The Morgan fingerprint density at radius 1 is 1.26 bits per heavy atom. The van der Waals surface area contributed by atoms with E-state index in [0.29, 0.717) is 28.4 Å². The van der Waals surface area contributed by atoms with Gasteiger partial charge in [0, 0.05) is 18.7 Å². The van der Waals surface area contributed by atoms with Crippen LogP contribution in [0.25, 0.3) is 0 Å². The van der Waals surface area contributed by atoms with E-state index in [1.54, 1.807) is 48.2 Å². The van der Waals surface area contributed by atoms with Crippen molar-refractivity contribution in [3.63, 3.8) is 0 Å². The maximum atomic E-state index is 13.0. The van der Waals surface area contributed by atoms with Gasteiger partial charge in [0.2, 0.25) is 6.41 Å². The van der Waals surface area contributed by atoms with Crippen LogP contribution in [0.3, 0.4) is 0 Å². The number of fused-ring (bicyclic) bond motifs is 1. The lowest BCUT2D eigenvalue weighted by molar-refractivity contribution is -0.108. The van der Waals surface area contributed by atoms with Gasteiger partial charge in [0.25, 0.3) is 5.91 Å². The van der Waals surface area contributed by atoms with Gasteiger partial charge in [0.15, 0.2) is 0 Å². The van der Waals surface area contributed by atoms with Crippen molar-refractivity contribution < 1.29 is 23.9 Å². The Kier molecular flexibility index (Phi) is 6.20. The first-order valence-electron chi connectivity index (χ1n) is 10.5. The third-order valence-electron chi connectivity index (χ3n) is 6.03. The van der Waals surface area contributed by atoms with Gasteiger partial charge in [-0.05, 0) is 35.7 Å². The van der Waals surface area contributed by atoms with Crippen LogP contribution in [0.4, 0.5) is 9.59 Å². The van der Waals surface area contributed by atoms with Crippen LogP contribution in [0.5, 0.6) is 5.75 Å². The van der Waals surface area contributed by atoms with Crippen molar-refractivity contribution in [3.05, 3.63) is 64.7 Å². The fraction of sp³-hybridized carbons (Fsp3) is 0.261. The number of carbonyl (C=O) groups is 4. The molecule has 2 aromatic carbocycles. The molecule has 2 aliphatic rings. The fourth-order valence-corrected chi connectivity index (χ4v) is 4.38. The Morgan fingerprint density at radius 3 is 2.62 bits per heavy atom. The minimum absolute atomic E-state index is 0.175. The highest BCUT2D eigenvalue weighted by atomic mass is 32.1. The molecule has 2 aliphatic heterocycles. The molecule has 0 saturated carbocycles. The quantitative estimate of drug-likeness (QED) is 0.352. The van der Waals surface area contributed by atoms with E-state index in [0.717, 1.165) is 11.1 Å². The van der Waals surface area contributed by atoms with Crippen LogP contribution in [0.2, 0.25) is 0 Å². The van der Waals surface area contributed by atoms with Crippen LogP contribution < -0.4 is 26.0 Å². The number of methoxy groups -OCH3 is 1. The largest absolute Gasteiger partial charge is 0.497 e. The SMILES string of the molecule is COc1ccc2c(c1)C(=O)N(C[C@H](NC(=O)NC=O)c1ccc(C3(C)NC(=O)NC3=S)cc1)C2. The molecule has 2 atom stereocenters. The maximum absolute atomic E-state index is 13.0. The monoisotopic (exact) mass is 481 g/mol. The molecule has 0 radical (unpaired) electrons. The summed E-state index contributed by atoms with van der Waals surface area (Å²) in [6, 6.07) is 10.8. The lowest BCUT2D eigenvalue weighted by Gasteiger charge is -2.27. The highest BCUT2D eigenvalue weighted by Crippen LogP contribution is 2.30. The summed E-state index contributed by atoms with van der Waals surface area (Å²) in [6.07, 6.45) is 0.288. The number of carbonyl (C=O) groups excluding carboxylic acids is 4. The third kappa shape index (κ3) is 4.29. The average Bonchev–Trinajstić information content (AvgIpc) is 3.27. The molecule has 10 nitrogen and oxygen atoms in total. The zero-order valence-corrected chi connectivity index (χ0v) is 19.3. The summed E-state index contributed by atoms with van der Waals surface area (Å²) < 4.78 is 5.22. The van der Waals surface area contributed by atoms with Crippen molar-refractivity contribution in [2.45, 2.75) is 25.0 Å². The number of nitrogens with zero attached hydrogens (tertiary/aromatic N) is 1. The van der Waals surface area contributed by atoms with E-state index < -0.39 is 17.6 Å². The highest BCUT2D eigenvalue weighted by molar-refractivity contribution is 7.80. The molecule has 4 N–H and O–H groups in total. The second-order valence-electron chi connectivity index (χ2n) is 8.15. The molecule has 1 fully saturated rings. The Morgan fingerprint density at radius 2 is 2.00 bits per heavy atom. The van der Waals surface area contributed by atoms with Crippen LogP contribution in [0.1, 0.15) is 40.0 Å². The van der Waals surface area contributed by atoms with E-state index in [-0.39, 0.29) is 24.9 Å². The predicted molar refractivity (Wildman–Crippen MR) is 126 cm³/mol. The number of hydrogen-bond donors (Lipinski definition) is 4. The molecule has 0 bridgehead atoms. The zero-order chi connectivity index (χ0) is 24.5. The molecular formula is C23H23N5O5S. The number of ether oxygens (including phenoxy) is 1. The van der Waals surface area contributed by atoms with Gasteiger partial charge in [-0.2, -0.15) is 0 Å². The number of hydrogen-bond acceptors (Lipinski definition) is 6. The van der Waals surface area contributed by atoms with Crippen LogP contribution in [0, 0.1) is 0 Å². The summed E-state index contributed by atoms with van der Waals surface area (Å²) in [4.78, 5) is 49.6. The summed E-state index contributed by atoms with van der Waals surface area (Å²) in [5, 5.41) is 10.2. The van der Waals surface area contributed by atoms with E-state index >= 15 is 0 Å². The van der Waals surface area contributed by atoms with Crippen molar-refractivity contribution in [2.75, 3.05) is 13.7 Å². The molecule has 176 valence electrons. The molecule has 4 rings (SSSR count). The molecule has 6 amide bonds. The second-order valence-corrected chi connectivity index (χ2v) is 8.56. The minimum Gasteiger partial charge on any atom is -0.497 e. The van der Waals surface area contributed by atoms with Crippen LogP contribution >= 0.6 is 12.2 Å². The molecule has 11 heteroatoms. The fourth-order valence-electron chi connectivity index (χ4n) is 4.12. The Bertz CT molecular complexity index is 1180. The van der Waals surface area contributed by atoms with Gasteiger partial charge in [0.05, 0.1) is 13.2 Å². The first-order valence-corrected chi connectivity index (χ1v) is 10.9. The molecule has 2 aromatic rings. The Labute approximate surface area is 201 Å². The Balaban J connectivity index is 1.58. The van der Waals surface area contributed by atoms with Gasteiger partial charge in [-0.3, -0.25) is 20.2 Å². The number of rotatable bonds is 7. The topological polar surface area (TPSA) is 129 Å². The standard InChI is InChI=1S/C23H23N5O5S/c1-23(20(34)26-22(32)27-23)15-6-3-13(4-7-15)18(25-21(31)24-12-29)11-28-10-14-5-8-16(33-2)9-17(14)19(28)30/h3-9,12,18H,10-11H2,1-2H3,(H2,24,25,29,31)(H2,26,27,32,34)/t18-,23?/m0/s1. The summed E-state index contributed by atoms with van der Waals surface area (Å²) in [5.41, 5.74) is 2.03. The van der Waals surface area contributed by atoms with Crippen LogP contribution in [-0.4, -0.2) is 47.9 Å². The lowest BCUT2D eigenvalue weighted by atomic mass is 9.91. The van der Waals surface area contributed by atoms with E-state index in [2.05, 4.69) is 21.3 Å². The van der Waals surface area contributed by atoms with Crippen molar-refractivity contribution in [2.24, 2.45) is 0 Å². The predicted octanol–water partition coefficient (Wildman–Crippen LogP) is 1.70. The van der Waals surface area contributed by atoms with Crippen molar-refractivity contribution in [1.29, 1.82) is 0 Å². The number of benzene rings is 2. The number of nitrogens with one attached hydrogen (secondary N) is 4. The molecule has 0 aromatic heterocycles. The van der Waals surface area contributed by atoms with E-state index in [4.69, 9.17) is 17.0 Å². The van der Waals surface area contributed by atoms with Gasteiger partial charge in [0.1, 0.15) is 16.3 Å². The number of amides is 6. The first kappa shape index (κ1) is 23.2. The van der Waals surface area contributed by atoms with Crippen molar-refractivity contribution >= 4 is 41.6 Å². The summed E-state index contributed by atoms with van der Waals surface area (Å²) in [7, 11) is 1.54. The van der Waals surface area contributed by atoms with E-state index in [1.165, 1.54) is 7.11 Å². The number of imide groups is 1. The first-order chi connectivity index (χ1) is 16.2. The van der Waals surface area contributed by atoms with Gasteiger partial charge in [-0.15, -0.1) is 0 Å². The summed E-state index contributed by atoms with van der Waals surface area (Å²) in [6.45, 7) is 2.35. The van der Waals surface area contributed by atoms with Gasteiger partial charge >= 0.3 is 12.1 Å². The molecule has 0 aliphatic carbocycles. The summed E-state index contributed by atoms with van der Waals surface area (Å²) >= 11 is 5.30. The number of urea groups is 2. The average molecular weight is 482 g/mol. The molecule has 2 heterocycles. The molecule has 1 unspecified atom stereocenters. The third-order valence-corrected chi connectivity index (χ3v) is 6.54. The van der Waals surface area contributed by atoms with Crippen molar-refractivity contribution in [3.8, 4) is 5.75 Å². The zero-order valence-electron chi connectivity index (χ0n) is 18.5. The van der Waals surface area contributed by atoms with Crippen molar-refractivity contribution in [1.82, 2.24) is 26.2 Å². The molecule has 0 spiro atoms. The molecular weight excluding hydrogens is 458 g/mol. The van der Waals surface area contributed by atoms with Gasteiger partial charge in [-0.1, -0.05) is 42.5 Å². The summed E-state index contributed by atoms with van der Waals surface area (Å²) in [5.74, 6) is 0.412. The molecule has 34 heavy (non-hydrogen) atoms. The highest BCUT2D eigenvalue weighted by Gasteiger charge is 2.40. The Hall–Kier alpha value is -3.99. The normalized spacial score (nSPS) is 19.7. The second kappa shape index (κ2) is 9.10. The van der Waals surface area contributed by atoms with Crippen LogP contribution in [0.15, 0.2) is 42.5 Å². The lowest BCUT2D eigenvalue weighted by Crippen LogP contribution is -2.42. The van der Waals surface area contributed by atoms with Gasteiger partial charge in [-0.25, -0.2) is 9.59 Å². The van der Waals surface area contributed by atoms with E-state index in [9.17, 15) is 19.2 Å². The van der Waals surface area contributed by atoms with Crippen LogP contribution in [-0.2, 0) is 16.9 Å².